The highest BCUT2D eigenvalue weighted by Crippen LogP contribution is 2.52. The molecule has 0 amide bonds. The summed E-state index contributed by atoms with van der Waals surface area (Å²) in [7, 11) is 0. The van der Waals surface area contributed by atoms with E-state index in [-0.39, 0.29) is 0 Å². The number of aliphatic hydroxyl groups is 1. The van der Waals surface area contributed by atoms with Gasteiger partial charge in [0.25, 0.3) is 0 Å². The zero-order valence-corrected chi connectivity index (χ0v) is 8.93. The first-order valence-corrected chi connectivity index (χ1v) is 5.57. The van der Waals surface area contributed by atoms with E-state index < -0.39 is 0 Å². The number of nitrogens with zero attached hydrogens (tertiary/aromatic N) is 2. The standard InChI is InChI=1S/C12H16N2O/c1-8-2-9(4-13-3-8)14-5-10-11(6-14)12(10)7-15/h2-4,10-12,15H,5-7H2,1H3. The Kier molecular flexibility index (Phi) is 1.96. The fraction of sp³-hybridized carbons (Fsp3) is 0.583. The highest BCUT2D eigenvalue weighted by atomic mass is 16.3. The van der Waals surface area contributed by atoms with Crippen LogP contribution in [0.5, 0.6) is 0 Å². The molecule has 1 saturated heterocycles. The van der Waals surface area contributed by atoms with Crippen LogP contribution < -0.4 is 4.90 Å². The maximum atomic E-state index is 9.08. The molecule has 0 bridgehead atoms. The van der Waals surface area contributed by atoms with E-state index in [0.29, 0.717) is 12.5 Å². The summed E-state index contributed by atoms with van der Waals surface area (Å²) in [5.41, 5.74) is 2.45. The minimum atomic E-state index is 0.370. The van der Waals surface area contributed by atoms with Crippen LogP contribution in [0.3, 0.4) is 0 Å². The molecular weight excluding hydrogens is 188 g/mol. The molecule has 1 aromatic rings. The highest BCUT2D eigenvalue weighted by molar-refractivity contribution is 5.48. The predicted octanol–water partition coefficient (Wildman–Crippen LogP) is 1.06. The van der Waals surface area contributed by atoms with Gasteiger partial charge in [-0.25, -0.2) is 0 Å². The molecule has 2 heterocycles. The molecule has 1 N–H and O–H groups in total. The molecular formula is C12H16N2O. The normalized spacial score (nSPS) is 32.9. The van der Waals surface area contributed by atoms with Crippen molar-refractivity contribution in [1.82, 2.24) is 4.98 Å². The van der Waals surface area contributed by atoms with E-state index in [1.165, 1.54) is 11.3 Å². The van der Waals surface area contributed by atoms with Crippen molar-refractivity contribution in [2.45, 2.75) is 6.92 Å². The van der Waals surface area contributed by atoms with Crippen molar-refractivity contribution in [2.75, 3.05) is 24.6 Å². The fourth-order valence-corrected chi connectivity index (χ4v) is 2.84. The lowest BCUT2D eigenvalue weighted by molar-refractivity contribution is 0.260. The van der Waals surface area contributed by atoms with E-state index in [1.54, 1.807) is 0 Å². The van der Waals surface area contributed by atoms with E-state index in [2.05, 4.69) is 22.9 Å². The van der Waals surface area contributed by atoms with Crippen molar-refractivity contribution < 1.29 is 5.11 Å². The van der Waals surface area contributed by atoms with E-state index in [9.17, 15) is 0 Å². The number of anilines is 1. The Labute approximate surface area is 89.7 Å². The van der Waals surface area contributed by atoms with Gasteiger partial charge in [-0.1, -0.05) is 0 Å². The molecule has 1 aliphatic carbocycles. The first-order valence-electron chi connectivity index (χ1n) is 5.57. The molecule has 15 heavy (non-hydrogen) atoms. The summed E-state index contributed by atoms with van der Waals surface area (Å²) in [6, 6.07) is 2.19. The molecule has 1 aromatic heterocycles. The minimum Gasteiger partial charge on any atom is -0.396 e. The van der Waals surface area contributed by atoms with Gasteiger partial charge < -0.3 is 10.0 Å². The van der Waals surface area contributed by atoms with Gasteiger partial charge in [0, 0.05) is 25.9 Å². The van der Waals surface area contributed by atoms with Crippen molar-refractivity contribution in [2.24, 2.45) is 17.8 Å². The van der Waals surface area contributed by atoms with Crippen molar-refractivity contribution >= 4 is 5.69 Å². The Bertz CT molecular complexity index is 368. The lowest BCUT2D eigenvalue weighted by Crippen LogP contribution is -2.24. The summed E-state index contributed by atoms with van der Waals surface area (Å²) in [5.74, 6) is 2.05. The van der Waals surface area contributed by atoms with Crippen molar-refractivity contribution in [3.05, 3.63) is 24.0 Å². The van der Waals surface area contributed by atoms with E-state index in [1.807, 2.05) is 12.4 Å². The number of aryl methyl sites for hydroxylation is 1. The monoisotopic (exact) mass is 204 g/mol. The second-order valence-electron chi connectivity index (χ2n) is 4.80. The molecule has 0 radical (unpaired) electrons. The van der Waals surface area contributed by atoms with Crippen molar-refractivity contribution in [1.29, 1.82) is 0 Å². The average Bonchev–Trinajstić information content (AvgIpc) is 2.70. The number of hydrogen-bond donors (Lipinski definition) is 1. The third-order valence-electron chi connectivity index (χ3n) is 3.81. The van der Waals surface area contributed by atoms with Gasteiger partial charge in [0.1, 0.15) is 0 Å². The molecule has 3 nitrogen and oxygen atoms in total. The topological polar surface area (TPSA) is 36.4 Å². The molecule has 1 saturated carbocycles. The summed E-state index contributed by atoms with van der Waals surface area (Å²) in [6.07, 6.45) is 3.82. The van der Waals surface area contributed by atoms with Crippen molar-refractivity contribution in [3.63, 3.8) is 0 Å². The summed E-state index contributed by atoms with van der Waals surface area (Å²) in [6.45, 7) is 4.64. The van der Waals surface area contributed by atoms with Gasteiger partial charge in [-0.2, -0.15) is 0 Å². The quantitative estimate of drug-likeness (QED) is 0.782. The Hall–Kier alpha value is -1.09. The molecule has 1 aliphatic heterocycles. The molecule has 0 aromatic carbocycles. The number of fused-ring (bicyclic) bond motifs is 1. The smallest absolute Gasteiger partial charge is 0.0555 e. The van der Waals surface area contributed by atoms with Crippen LogP contribution in [0.15, 0.2) is 18.5 Å². The molecule has 2 fully saturated rings. The van der Waals surface area contributed by atoms with E-state index >= 15 is 0 Å². The predicted molar refractivity (Wildman–Crippen MR) is 58.7 cm³/mol. The summed E-state index contributed by atoms with van der Waals surface area (Å²) >= 11 is 0. The van der Waals surface area contributed by atoms with E-state index in [0.717, 1.165) is 24.9 Å². The molecule has 2 unspecified atom stereocenters. The van der Waals surface area contributed by atoms with Gasteiger partial charge in [0.05, 0.1) is 11.9 Å². The Morgan fingerprint density at radius 3 is 2.73 bits per heavy atom. The largest absolute Gasteiger partial charge is 0.396 e. The first-order chi connectivity index (χ1) is 7.29. The van der Waals surface area contributed by atoms with Crippen LogP contribution in [0.2, 0.25) is 0 Å². The zero-order valence-electron chi connectivity index (χ0n) is 8.93. The SMILES string of the molecule is Cc1cncc(N2CC3C(CO)C3C2)c1. The van der Waals surface area contributed by atoms with Gasteiger partial charge in [-0.05, 0) is 36.3 Å². The lowest BCUT2D eigenvalue weighted by Gasteiger charge is -2.21. The fourth-order valence-electron chi connectivity index (χ4n) is 2.84. The van der Waals surface area contributed by atoms with Crippen LogP contribution in [-0.4, -0.2) is 29.8 Å². The second-order valence-corrected chi connectivity index (χ2v) is 4.80. The van der Waals surface area contributed by atoms with Crippen molar-refractivity contribution in [3.8, 4) is 0 Å². The number of hydrogen-bond acceptors (Lipinski definition) is 3. The maximum absolute atomic E-state index is 9.08. The minimum absolute atomic E-state index is 0.370. The lowest BCUT2D eigenvalue weighted by atomic mass is 10.2. The second kappa shape index (κ2) is 3.20. The molecule has 0 spiro atoms. The number of piperidine rings is 1. The van der Waals surface area contributed by atoms with Crippen LogP contribution in [-0.2, 0) is 0 Å². The molecule has 3 rings (SSSR count). The molecule has 80 valence electrons. The van der Waals surface area contributed by atoms with Gasteiger partial charge in [0.2, 0.25) is 0 Å². The summed E-state index contributed by atoms with van der Waals surface area (Å²) < 4.78 is 0. The number of aromatic nitrogens is 1. The number of pyridine rings is 1. The van der Waals surface area contributed by atoms with Crippen LogP contribution in [0.25, 0.3) is 0 Å². The van der Waals surface area contributed by atoms with Gasteiger partial charge >= 0.3 is 0 Å². The van der Waals surface area contributed by atoms with Crippen LogP contribution in [0.1, 0.15) is 5.56 Å². The number of rotatable bonds is 2. The molecule has 2 aliphatic rings. The van der Waals surface area contributed by atoms with E-state index in [4.69, 9.17) is 5.11 Å². The molecule has 3 heteroatoms. The number of aliphatic hydroxyl groups excluding tert-OH is 1. The Morgan fingerprint density at radius 1 is 1.40 bits per heavy atom. The Morgan fingerprint density at radius 2 is 2.13 bits per heavy atom. The zero-order chi connectivity index (χ0) is 10.4. The average molecular weight is 204 g/mol. The van der Waals surface area contributed by atoms with Crippen LogP contribution in [0.4, 0.5) is 5.69 Å². The third kappa shape index (κ3) is 1.42. The first kappa shape index (κ1) is 9.16. The third-order valence-corrected chi connectivity index (χ3v) is 3.81. The van der Waals surface area contributed by atoms with Gasteiger partial charge in [-0.15, -0.1) is 0 Å². The highest BCUT2D eigenvalue weighted by Gasteiger charge is 2.55. The van der Waals surface area contributed by atoms with Gasteiger partial charge in [-0.3, -0.25) is 4.98 Å². The van der Waals surface area contributed by atoms with Gasteiger partial charge in [0.15, 0.2) is 0 Å². The Balaban J connectivity index is 1.72. The molecule has 2 atom stereocenters. The van der Waals surface area contributed by atoms with Crippen LogP contribution in [0, 0.1) is 24.7 Å². The maximum Gasteiger partial charge on any atom is 0.0555 e. The summed E-state index contributed by atoms with van der Waals surface area (Å²) in [5, 5.41) is 9.08. The van der Waals surface area contributed by atoms with Crippen LogP contribution >= 0.6 is 0 Å². The summed E-state index contributed by atoms with van der Waals surface area (Å²) in [4.78, 5) is 6.61.